The fourth-order valence-corrected chi connectivity index (χ4v) is 3.42. The van der Waals surface area contributed by atoms with Gasteiger partial charge in [0.05, 0.1) is 17.1 Å². The Labute approximate surface area is 169 Å². The molecule has 0 unspecified atom stereocenters. The second-order valence-electron chi connectivity index (χ2n) is 6.91. The van der Waals surface area contributed by atoms with E-state index >= 15 is 0 Å². The molecule has 0 atom stereocenters. The van der Waals surface area contributed by atoms with Crippen molar-refractivity contribution in [2.45, 2.75) is 13.2 Å². The summed E-state index contributed by atoms with van der Waals surface area (Å²) in [7, 11) is 4.01. The number of rotatable bonds is 6. The number of pyridine rings is 1. The summed E-state index contributed by atoms with van der Waals surface area (Å²) in [6.45, 7) is 1.16. The Bertz CT molecular complexity index is 1090. The lowest BCUT2D eigenvalue weighted by Crippen LogP contribution is -2.09. The van der Waals surface area contributed by atoms with Gasteiger partial charge in [0, 0.05) is 11.6 Å². The Morgan fingerprint density at radius 1 is 1.04 bits per heavy atom. The molecule has 2 heterocycles. The first-order valence-electron chi connectivity index (χ1n) is 9.09. The van der Waals surface area contributed by atoms with Gasteiger partial charge in [0.1, 0.15) is 23.6 Å². The minimum Gasteiger partial charge on any atom is -0.486 e. The summed E-state index contributed by atoms with van der Waals surface area (Å²) in [5.74, 6) is 2.27. The van der Waals surface area contributed by atoms with Crippen LogP contribution in [-0.2, 0) is 13.2 Å². The molecule has 4 nitrogen and oxygen atoms in total. The lowest BCUT2D eigenvalue weighted by atomic mass is 10.1. The van der Waals surface area contributed by atoms with E-state index in [0.717, 1.165) is 40.1 Å². The van der Waals surface area contributed by atoms with Crippen molar-refractivity contribution in [3.05, 3.63) is 83.2 Å². The Morgan fingerprint density at radius 3 is 2.64 bits per heavy atom. The lowest BCUT2D eigenvalue weighted by Gasteiger charge is -2.14. The highest BCUT2D eigenvalue weighted by Crippen LogP contribution is 2.40. The molecule has 4 rings (SSSR count). The third kappa shape index (κ3) is 3.88. The van der Waals surface area contributed by atoms with E-state index in [0.29, 0.717) is 17.4 Å². The van der Waals surface area contributed by atoms with E-state index in [1.165, 1.54) is 0 Å². The fourth-order valence-electron chi connectivity index (χ4n) is 3.15. The van der Waals surface area contributed by atoms with Gasteiger partial charge in [-0.25, -0.2) is 0 Å². The van der Waals surface area contributed by atoms with Gasteiger partial charge < -0.3 is 14.1 Å². The molecule has 4 aromatic rings. The number of hydrogen-bond donors (Lipinski definition) is 0. The number of halogens is 1. The van der Waals surface area contributed by atoms with Crippen LogP contribution in [0.25, 0.3) is 22.2 Å². The minimum absolute atomic E-state index is 0.437. The van der Waals surface area contributed by atoms with E-state index in [4.69, 9.17) is 20.8 Å². The van der Waals surface area contributed by atoms with Crippen molar-refractivity contribution in [2.75, 3.05) is 14.1 Å². The van der Waals surface area contributed by atoms with E-state index in [-0.39, 0.29) is 0 Å². The van der Waals surface area contributed by atoms with Gasteiger partial charge in [-0.15, -0.1) is 0 Å². The fraction of sp³-hybridized carbons (Fsp3) is 0.174. The predicted octanol–water partition coefficient (Wildman–Crippen LogP) is 5.79. The molecule has 2 aromatic carbocycles. The Hall–Kier alpha value is -2.82. The number of furan rings is 1. The van der Waals surface area contributed by atoms with E-state index in [2.05, 4.69) is 9.88 Å². The van der Waals surface area contributed by atoms with Gasteiger partial charge in [-0.1, -0.05) is 41.9 Å². The first kappa shape index (κ1) is 18.5. The quantitative estimate of drug-likeness (QED) is 0.416. The molecule has 0 amide bonds. The zero-order chi connectivity index (χ0) is 19.5. The van der Waals surface area contributed by atoms with E-state index in [9.17, 15) is 0 Å². The standard InChI is InChI=1S/C23H21ClN2O2/c1-26(2)14-17-10-11-21(28-17)19-13-20(24)18-9-6-12-25-22(18)23(19)27-15-16-7-4-3-5-8-16/h3-13H,14-15H2,1-2H3. The highest BCUT2D eigenvalue weighted by Gasteiger charge is 2.18. The molecular weight excluding hydrogens is 372 g/mol. The zero-order valence-electron chi connectivity index (χ0n) is 15.9. The smallest absolute Gasteiger partial charge is 0.157 e. The Balaban J connectivity index is 1.79. The van der Waals surface area contributed by atoms with Crippen LogP contribution >= 0.6 is 11.6 Å². The maximum atomic E-state index is 6.55. The number of aromatic nitrogens is 1. The molecular formula is C23H21ClN2O2. The first-order valence-corrected chi connectivity index (χ1v) is 9.47. The van der Waals surface area contributed by atoms with Crippen LogP contribution in [0.3, 0.4) is 0 Å². The summed E-state index contributed by atoms with van der Waals surface area (Å²) in [4.78, 5) is 6.60. The summed E-state index contributed by atoms with van der Waals surface area (Å²) < 4.78 is 12.3. The molecule has 0 bridgehead atoms. The molecule has 0 spiro atoms. The Kier molecular flexibility index (Phi) is 5.33. The summed E-state index contributed by atoms with van der Waals surface area (Å²) >= 11 is 6.55. The highest BCUT2D eigenvalue weighted by atomic mass is 35.5. The van der Waals surface area contributed by atoms with Crippen LogP contribution in [-0.4, -0.2) is 24.0 Å². The molecule has 0 saturated carbocycles. The Morgan fingerprint density at radius 2 is 1.86 bits per heavy atom. The molecule has 0 N–H and O–H groups in total. The lowest BCUT2D eigenvalue weighted by molar-refractivity contribution is 0.309. The summed E-state index contributed by atoms with van der Waals surface area (Å²) in [6, 6.07) is 19.7. The third-order valence-electron chi connectivity index (χ3n) is 4.42. The molecule has 0 fully saturated rings. The van der Waals surface area contributed by atoms with E-state index in [1.807, 2.05) is 74.8 Å². The topological polar surface area (TPSA) is 38.5 Å². The van der Waals surface area contributed by atoms with Crippen molar-refractivity contribution in [3.8, 4) is 17.1 Å². The molecule has 0 saturated heterocycles. The van der Waals surface area contributed by atoms with Crippen molar-refractivity contribution in [2.24, 2.45) is 0 Å². The maximum absolute atomic E-state index is 6.55. The molecule has 2 aromatic heterocycles. The number of ether oxygens (including phenoxy) is 1. The second-order valence-corrected chi connectivity index (χ2v) is 7.32. The number of hydrogen-bond acceptors (Lipinski definition) is 4. The first-order chi connectivity index (χ1) is 13.6. The van der Waals surface area contributed by atoms with Gasteiger partial charge >= 0.3 is 0 Å². The molecule has 5 heteroatoms. The summed E-state index contributed by atoms with van der Waals surface area (Å²) in [5.41, 5.74) is 2.61. The van der Waals surface area contributed by atoms with Crippen molar-refractivity contribution >= 4 is 22.5 Å². The van der Waals surface area contributed by atoms with Crippen molar-refractivity contribution in [3.63, 3.8) is 0 Å². The third-order valence-corrected chi connectivity index (χ3v) is 4.73. The van der Waals surface area contributed by atoms with Crippen LogP contribution in [0.5, 0.6) is 5.75 Å². The number of fused-ring (bicyclic) bond motifs is 1. The molecule has 0 radical (unpaired) electrons. The van der Waals surface area contributed by atoms with Gasteiger partial charge in [0.25, 0.3) is 0 Å². The SMILES string of the molecule is CN(C)Cc1ccc(-c2cc(Cl)c3cccnc3c2OCc2ccccc2)o1. The van der Waals surface area contributed by atoms with Crippen LogP contribution in [0.4, 0.5) is 0 Å². The van der Waals surface area contributed by atoms with Crippen LogP contribution in [0.15, 0.2) is 71.3 Å². The van der Waals surface area contributed by atoms with Crippen molar-refractivity contribution < 1.29 is 9.15 Å². The average Bonchev–Trinajstić information content (AvgIpc) is 3.15. The highest BCUT2D eigenvalue weighted by molar-refractivity contribution is 6.36. The molecule has 0 aliphatic carbocycles. The van der Waals surface area contributed by atoms with Gasteiger partial charge in [-0.05, 0) is 50.0 Å². The van der Waals surface area contributed by atoms with Crippen LogP contribution in [0, 0.1) is 0 Å². The molecule has 142 valence electrons. The van der Waals surface area contributed by atoms with Gasteiger partial charge in [-0.3, -0.25) is 4.98 Å². The van der Waals surface area contributed by atoms with E-state index < -0.39 is 0 Å². The average molecular weight is 393 g/mol. The molecule has 0 aliphatic heterocycles. The van der Waals surface area contributed by atoms with Crippen LogP contribution in [0.1, 0.15) is 11.3 Å². The summed E-state index contributed by atoms with van der Waals surface area (Å²) in [5, 5.41) is 1.48. The normalized spacial score (nSPS) is 11.3. The zero-order valence-corrected chi connectivity index (χ0v) is 16.6. The minimum atomic E-state index is 0.437. The van der Waals surface area contributed by atoms with Crippen molar-refractivity contribution in [1.29, 1.82) is 0 Å². The monoisotopic (exact) mass is 392 g/mol. The maximum Gasteiger partial charge on any atom is 0.157 e. The van der Waals surface area contributed by atoms with Gasteiger partial charge in [-0.2, -0.15) is 0 Å². The second kappa shape index (κ2) is 8.05. The van der Waals surface area contributed by atoms with Crippen molar-refractivity contribution in [1.82, 2.24) is 9.88 Å². The number of nitrogens with zero attached hydrogens (tertiary/aromatic N) is 2. The predicted molar refractivity (Wildman–Crippen MR) is 113 cm³/mol. The molecule has 0 aliphatic rings. The van der Waals surface area contributed by atoms with Gasteiger partial charge in [0.2, 0.25) is 0 Å². The van der Waals surface area contributed by atoms with Crippen LogP contribution in [0.2, 0.25) is 5.02 Å². The van der Waals surface area contributed by atoms with Gasteiger partial charge in [0.15, 0.2) is 5.75 Å². The van der Waals surface area contributed by atoms with E-state index in [1.54, 1.807) is 6.20 Å². The molecule has 28 heavy (non-hydrogen) atoms. The largest absolute Gasteiger partial charge is 0.486 e. The summed E-state index contributed by atoms with van der Waals surface area (Å²) in [6.07, 6.45) is 1.75. The number of benzene rings is 2. The van der Waals surface area contributed by atoms with Crippen LogP contribution < -0.4 is 4.74 Å².